The predicted octanol–water partition coefficient (Wildman–Crippen LogP) is 11.5. The summed E-state index contributed by atoms with van der Waals surface area (Å²) in [6.07, 6.45) is 2.56. The van der Waals surface area contributed by atoms with Crippen molar-refractivity contribution in [3.8, 4) is 0 Å². The van der Waals surface area contributed by atoms with Gasteiger partial charge in [-0.15, -0.1) is 0 Å². The lowest BCUT2D eigenvalue weighted by molar-refractivity contribution is -0.146. The van der Waals surface area contributed by atoms with Crippen LogP contribution in [-0.4, -0.2) is 53.0 Å². The molecule has 50 heavy (non-hydrogen) atoms. The SMILES string of the molecule is C1CCOC1.CC(C)(CO)c1cccc(CBr)c1.COC(=O)C(C)(C)c1cccc(CBr)c1.Cc1cccc(C(C)(C)CO)c1.ClC(Cl)(Cl)Cl. The molecule has 4 rings (SSSR count). The molecule has 1 aliphatic rings. The van der Waals surface area contributed by atoms with Gasteiger partial charge in [0.15, 0.2) is 0 Å². The highest BCUT2D eigenvalue weighted by atomic mass is 79.9. The van der Waals surface area contributed by atoms with Gasteiger partial charge in [0.2, 0.25) is 0 Å². The van der Waals surface area contributed by atoms with Crippen LogP contribution in [0.3, 0.4) is 0 Å². The van der Waals surface area contributed by atoms with E-state index in [2.05, 4.69) is 75.2 Å². The smallest absolute Gasteiger partial charge is 0.315 e. The Balaban J connectivity index is 0.000000635. The van der Waals surface area contributed by atoms with Crippen LogP contribution in [0.5, 0.6) is 0 Å². The summed E-state index contributed by atoms with van der Waals surface area (Å²) in [5.74, 6) is -0.214. The topological polar surface area (TPSA) is 76.0 Å². The predicted molar refractivity (Wildman–Crippen MR) is 221 cm³/mol. The minimum atomic E-state index is -1.61. The molecule has 1 saturated heterocycles. The van der Waals surface area contributed by atoms with Crippen molar-refractivity contribution in [1.82, 2.24) is 0 Å². The van der Waals surface area contributed by atoms with Crippen LogP contribution in [-0.2, 0) is 41.2 Å². The zero-order valence-electron chi connectivity index (χ0n) is 30.5. The Morgan fingerprint density at radius 3 is 1.44 bits per heavy atom. The summed E-state index contributed by atoms with van der Waals surface area (Å²) in [7, 11) is 1.42. The van der Waals surface area contributed by atoms with Gasteiger partial charge >= 0.3 is 5.97 Å². The van der Waals surface area contributed by atoms with Crippen molar-refractivity contribution >= 4 is 84.2 Å². The third kappa shape index (κ3) is 20.4. The highest BCUT2D eigenvalue weighted by molar-refractivity contribution is 9.08. The van der Waals surface area contributed by atoms with Gasteiger partial charge in [0.25, 0.3) is 3.25 Å². The van der Waals surface area contributed by atoms with Crippen LogP contribution < -0.4 is 0 Å². The van der Waals surface area contributed by atoms with Crippen LogP contribution in [0.25, 0.3) is 0 Å². The first-order valence-corrected chi connectivity index (χ1v) is 19.9. The maximum atomic E-state index is 11.6. The number of benzene rings is 3. The molecule has 0 radical (unpaired) electrons. The van der Waals surface area contributed by atoms with Crippen molar-refractivity contribution in [2.45, 2.75) is 91.5 Å². The van der Waals surface area contributed by atoms with E-state index in [4.69, 9.17) is 61.0 Å². The number of rotatable bonds is 8. The van der Waals surface area contributed by atoms with Gasteiger partial charge in [-0.1, -0.05) is 184 Å². The summed E-state index contributed by atoms with van der Waals surface area (Å²) in [4.78, 5) is 11.6. The van der Waals surface area contributed by atoms with Gasteiger partial charge in [-0.25, -0.2) is 0 Å². The molecule has 0 aromatic heterocycles. The summed E-state index contributed by atoms with van der Waals surface area (Å²) in [5.41, 5.74) is 6.16. The molecule has 0 unspecified atom stereocenters. The molecule has 1 fully saturated rings. The average Bonchev–Trinajstić information content (AvgIpc) is 3.68. The molecule has 0 amide bonds. The van der Waals surface area contributed by atoms with Gasteiger partial charge in [0.05, 0.1) is 25.7 Å². The van der Waals surface area contributed by atoms with Gasteiger partial charge in [0.1, 0.15) is 0 Å². The Morgan fingerprint density at radius 1 is 0.720 bits per heavy atom. The fourth-order valence-corrected chi connectivity index (χ4v) is 4.95. The summed E-state index contributed by atoms with van der Waals surface area (Å²) < 4.78 is 8.13. The number of ether oxygens (including phenoxy) is 2. The number of methoxy groups -OCH3 is 1. The van der Waals surface area contributed by atoms with E-state index in [0.29, 0.717) is 0 Å². The highest BCUT2D eigenvalue weighted by Crippen LogP contribution is 2.30. The molecule has 3 aromatic rings. The van der Waals surface area contributed by atoms with Crippen molar-refractivity contribution in [3.05, 3.63) is 106 Å². The largest absolute Gasteiger partial charge is 0.468 e. The Bertz CT molecular complexity index is 1380. The molecule has 5 nitrogen and oxygen atoms in total. The first-order valence-electron chi connectivity index (χ1n) is 16.2. The van der Waals surface area contributed by atoms with Gasteiger partial charge in [-0.2, -0.15) is 0 Å². The molecule has 11 heteroatoms. The lowest BCUT2D eigenvalue weighted by atomic mass is 9.84. The van der Waals surface area contributed by atoms with Crippen LogP contribution in [0.15, 0.2) is 72.8 Å². The number of alkyl halides is 6. The number of aliphatic hydroxyl groups is 2. The van der Waals surface area contributed by atoms with E-state index in [0.717, 1.165) is 35.0 Å². The second-order valence-corrected chi connectivity index (χ2v) is 18.0. The highest BCUT2D eigenvalue weighted by Gasteiger charge is 2.30. The van der Waals surface area contributed by atoms with Gasteiger partial charge in [-0.3, -0.25) is 4.79 Å². The molecule has 3 aromatic carbocycles. The van der Waals surface area contributed by atoms with Crippen molar-refractivity contribution in [2.75, 3.05) is 33.5 Å². The van der Waals surface area contributed by atoms with E-state index in [-0.39, 0.29) is 30.0 Å². The molecular formula is C39H54Br2Cl4O5. The van der Waals surface area contributed by atoms with Crippen molar-refractivity contribution in [3.63, 3.8) is 0 Å². The van der Waals surface area contributed by atoms with E-state index in [9.17, 15) is 9.90 Å². The van der Waals surface area contributed by atoms with Crippen molar-refractivity contribution < 1.29 is 24.5 Å². The summed E-state index contributed by atoms with van der Waals surface area (Å²) >= 11 is 26.1. The lowest BCUT2D eigenvalue weighted by Crippen LogP contribution is -2.30. The number of carbonyl (C=O) groups is 1. The fourth-order valence-electron chi connectivity index (χ4n) is 4.25. The van der Waals surface area contributed by atoms with E-state index >= 15 is 0 Å². The maximum Gasteiger partial charge on any atom is 0.315 e. The second-order valence-electron chi connectivity index (χ2n) is 13.5. The molecule has 0 bridgehead atoms. The molecule has 0 spiro atoms. The van der Waals surface area contributed by atoms with Crippen LogP contribution in [0.4, 0.5) is 0 Å². The Morgan fingerprint density at radius 2 is 1.10 bits per heavy atom. The Hall–Kier alpha value is -0.870. The maximum absolute atomic E-state index is 11.6. The number of hydrogen-bond acceptors (Lipinski definition) is 5. The number of aliphatic hydroxyl groups excluding tert-OH is 2. The third-order valence-corrected chi connectivity index (χ3v) is 9.07. The number of esters is 1. The molecule has 0 atom stereocenters. The molecule has 2 N–H and O–H groups in total. The third-order valence-electron chi connectivity index (χ3n) is 7.78. The fraction of sp³-hybridized carbons (Fsp3) is 0.513. The first kappa shape index (κ1) is 49.1. The van der Waals surface area contributed by atoms with E-state index < -0.39 is 8.67 Å². The molecule has 282 valence electrons. The van der Waals surface area contributed by atoms with E-state index in [1.807, 2.05) is 77.9 Å². The van der Waals surface area contributed by atoms with Crippen LogP contribution in [0, 0.1) is 6.92 Å². The minimum absolute atomic E-state index is 0.119. The van der Waals surface area contributed by atoms with Crippen LogP contribution in [0.2, 0.25) is 0 Å². The van der Waals surface area contributed by atoms with Gasteiger partial charge < -0.3 is 19.7 Å². The second kappa shape index (κ2) is 24.4. The molecule has 1 aliphatic heterocycles. The number of hydrogen-bond donors (Lipinski definition) is 2. The zero-order chi connectivity index (χ0) is 38.6. The monoisotopic (exact) mass is 900 g/mol. The van der Waals surface area contributed by atoms with Crippen molar-refractivity contribution in [2.24, 2.45) is 0 Å². The van der Waals surface area contributed by atoms with E-state index in [1.165, 1.54) is 42.2 Å². The normalized spacial score (nSPS) is 12.8. The Labute approximate surface area is 337 Å². The van der Waals surface area contributed by atoms with E-state index in [1.54, 1.807) is 0 Å². The molecular weight excluding hydrogens is 850 g/mol. The standard InChI is InChI=1S/C12H15BrO2.C11H15BrO.C11H16O.C4H8O.CCl4/c1-12(2,11(14)15-3)10-6-4-5-9(7-10)8-13;1-11(2,8-13)10-5-3-4-9(6-10)7-12;1-9-5-4-6-10(7-9)11(2,3)8-12;1-2-4-5-3-1;2-1(3,4)5/h4-7H,8H2,1-3H3;3-6,13H,7-8H2,1-2H3;4-7,12H,8H2,1-3H3;1-4H2;. The lowest BCUT2D eigenvalue weighted by Gasteiger charge is -2.22. The van der Waals surface area contributed by atoms with Gasteiger partial charge in [-0.05, 0) is 61.4 Å². The molecule has 0 saturated carbocycles. The average molecular weight is 904 g/mol. The minimum Gasteiger partial charge on any atom is -0.468 e. The number of carbonyl (C=O) groups excluding carboxylic acids is 1. The van der Waals surface area contributed by atoms with Crippen LogP contribution >= 0.6 is 78.3 Å². The van der Waals surface area contributed by atoms with Crippen molar-refractivity contribution in [1.29, 1.82) is 0 Å². The summed E-state index contributed by atoms with van der Waals surface area (Å²) in [5, 5.41) is 20.0. The summed E-state index contributed by atoms with van der Waals surface area (Å²) in [6.45, 7) is 16.3. The number of aryl methyl sites for hydroxylation is 1. The van der Waals surface area contributed by atoms with Crippen LogP contribution in [0.1, 0.15) is 87.8 Å². The zero-order valence-corrected chi connectivity index (χ0v) is 36.7. The number of halogens is 6. The summed E-state index contributed by atoms with van der Waals surface area (Å²) in [6, 6.07) is 24.5. The molecule has 0 aliphatic carbocycles. The first-order chi connectivity index (χ1) is 23.2. The molecule has 1 heterocycles. The Kier molecular flexibility index (Phi) is 24.0. The quantitative estimate of drug-likeness (QED) is 0.174. The van der Waals surface area contributed by atoms with Gasteiger partial charge in [0, 0.05) is 34.7 Å².